The van der Waals surface area contributed by atoms with E-state index in [1.165, 1.54) is 12.1 Å². The number of aliphatic hydroxyl groups is 1. The summed E-state index contributed by atoms with van der Waals surface area (Å²) in [5.74, 6) is -0.782. The fraction of sp³-hybridized carbons (Fsp3) is 0.455. The number of hydrogen-bond donors (Lipinski definition) is 2. The maximum absolute atomic E-state index is 13.6. The number of halogens is 4. The van der Waals surface area contributed by atoms with E-state index in [9.17, 15) is 17.6 Å². The maximum atomic E-state index is 13.6. The van der Waals surface area contributed by atoms with E-state index in [0.29, 0.717) is 5.56 Å². The fourth-order valence-corrected chi connectivity index (χ4v) is 1.56. The van der Waals surface area contributed by atoms with E-state index in [2.05, 4.69) is 0 Å². The zero-order valence-electron chi connectivity index (χ0n) is 9.54. The summed E-state index contributed by atoms with van der Waals surface area (Å²) in [6.45, 7) is -1.99. The number of hydrogen-bond acceptors (Lipinski definition) is 3. The monoisotopic (exact) mass is 266 g/mol. The molecule has 0 aliphatic heterocycles. The average molecular weight is 266 g/mol. The third-order valence-corrected chi connectivity index (χ3v) is 2.33. The van der Waals surface area contributed by atoms with Crippen LogP contribution in [0.3, 0.4) is 0 Å². The van der Waals surface area contributed by atoms with Crippen molar-refractivity contribution in [3.63, 3.8) is 0 Å². The van der Waals surface area contributed by atoms with Crippen molar-refractivity contribution in [2.45, 2.75) is 12.7 Å². The van der Waals surface area contributed by atoms with Crippen LogP contribution in [-0.4, -0.2) is 31.0 Å². The van der Waals surface area contributed by atoms with Crippen molar-refractivity contribution in [2.24, 2.45) is 5.73 Å². The van der Waals surface area contributed by atoms with Gasteiger partial charge in [0.2, 0.25) is 0 Å². The highest BCUT2D eigenvalue weighted by Crippen LogP contribution is 2.25. The van der Waals surface area contributed by atoms with Gasteiger partial charge in [-0.25, -0.2) is 4.39 Å². The van der Waals surface area contributed by atoms with E-state index in [1.807, 2.05) is 0 Å². The smallest absolute Gasteiger partial charge is 0.395 e. The molecule has 0 amide bonds. The van der Waals surface area contributed by atoms with Crippen molar-refractivity contribution in [1.82, 2.24) is 0 Å². The molecule has 0 atom stereocenters. The lowest BCUT2D eigenvalue weighted by molar-refractivity contribution is -0.119. The van der Waals surface area contributed by atoms with Gasteiger partial charge < -0.3 is 15.7 Å². The molecule has 1 aromatic rings. The van der Waals surface area contributed by atoms with Crippen LogP contribution in [0, 0.1) is 5.82 Å². The third kappa shape index (κ3) is 4.15. The fourth-order valence-electron chi connectivity index (χ4n) is 1.56. The van der Waals surface area contributed by atoms with Crippen molar-refractivity contribution in [3.05, 3.63) is 29.6 Å². The Balaban J connectivity index is 2.98. The Hall–Kier alpha value is -1.34. The number of anilines is 1. The van der Waals surface area contributed by atoms with Gasteiger partial charge in [-0.05, 0) is 17.7 Å². The minimum Gasteiger partial charge on any atom is -0.395 e. The lowest BCUT2D eigenvalue weighted by Crippen LogP contribution is -2.36. The number of alkyl halides is 3. The molecule has 0 radical (unpaired) electrons. The van der Waals surface area contributed by atoms with E-state index in [1.54, 1.807) is 0 Å². The summed E-state index contributed by atoms with van der Waals surface area (Å²) >= 11 is 0. The molecule has 0 aliphatic rings. The van der Waals surface area contributed by atoms with Crippen molar-refractivity contribution in [3.8, 4) is 0 Å². The second-order valence-electron chi connectivity index (χ2n) is 3.75. The molecule has 18 heavy (non-hydrogen) atoms. The SMILES string of the molecule is NCc1ccc(N(CCO)CC(F)(F)F)c(F)c1. The molecule has 0 unspecified atom stereocenters. The summed E-state index contributed by atoms with van der Waals surface area (Å²) in [6.07, 6.45) is -4.46. The first-order valence-corrected chi connectivity index (χ1v) is 5.28. The van der Waals surface area contributed by atoms with Crippen molar-refractivity contribution < 1.29 is 22.7 Å². The van der Waals surface area contributed by atoms with Crippen LogP contribution < -0.4 is 10.6 Å². The van der Waals surface area contributed by atoms with Gasteiger partial charge in [0, 0.05) is 13.1 Å². The van der Waals surface area contributed by atoms with E-state index < -0.39 is 25.1 Å². The van der Waals surface area contributed by atoms with Gasteiger partial charge in [-0.2, -0.15) is 13.2 Å². The Bertz CT molecular complexity index is 395. The first-order chi connectivity index (χ1) is 8.37. The number of nitrogens with two attached hydrogens (primary N) is 1. The van der Waals surface area contributed by atoms with Crippen LogP contribution in [0.1, 0.15) is 5.56 Å². The summed E-state index contributed by atoms with van der Waals surface area (Å²) in [5, 5.41) is 8.74. The van der Waals surface area contributed by atoms with Crippen LogP contribution in [-0.2, 0) is 6.54 Å². The van der Waals surface area contributed by atoms with Gasteiger partial charge in [-0.15, -0.1) is 0 Å². The van der Waals surface area contributed by atoms with Gasteiger partial charge in [-0.1, -0.05) is 6.07 Å². The standard InChI is InChI=1S/C11H14F4N2O/c12-9-5-8(6-16)1-2-10(9)17(3-4-18)7-11(13,14)15/h1-2,5,18H,3-4,6-7,16H2. The topological polar surface area (TPSA) is 49.5 Å². The zero-order chi connectivity index (χ0) is 13.8. The zero-order valence-corrected chi connectivity index (χ0v) is 9.54. The average Bonchev–Trinajstić information content (AvgIpc) is 2.26. The van der Waals surface area contributed by atoms with E-state index >= 15 is 0 Å². The Morgan fingerprint density at radius 1 is 1.28 bits per heavy atom. The Morgan fingerprint density at radius 2 is 1.94 bits per heavy atom. The van der Waals surface area contributed by atoms with Crippen molar-refractivity contribution in [2.75, 3.05) is 24.6 Å². The van der Waals surface area contributed by atoms with E-state index in [-0.39, 0.29) is 18.8 Å². The van der Waals surface area contributed by atoms with Crippen molar-refractivity contribution >= 4 is 5.69 Å². The lowest BCUT2D eigenvalue weighted by atomic mass is 10.2. The van der Waals surface area contributed by atoms with E-state index in [4.69, 9.17) is 10.8 Å². The third-order valence-electron chi connectivity index (χ3n) is 2.33. The van der Waals surface area contributed by atoms with E-state index in [0.717, 1.165) is 11.0 Å². The van der Waals surface area contributed by atoms with Gasteiger partial charge >= 0.3 is 6.18 Å². The van der Waals surface area contributed by atoms with Gasteiger partial charge in [0.1, 0.15) is 12.4 Å². The van der Waals surface area contributed by atoms with Gasteiger partial charge in [-0.3, -0.25) is 0 Å². The molecule has 0 saturated heterocycles. The highest BCUT2D eigenvalue weighted by molar-refractivity contribution is 5.49. The molecule has 3 N–H and O–H groups in total. The summed E-state index contributed by atoms with van der Waals surface area (Å²) in [4.78, 5) is 0.746. The minimum absolute atomic E-state index is 0.108. The molecule has 7 heteroatoms. The maximum Gasteiger partial charge on any atom is 0.405 e. The number of aliphatic hydroxyl groups excluding tert-OH is 1. The highest BCUT2D eigenvalue weighted by Gasteiger charge is 2.31. The molecular weight excluding hydrogens is 252 g/mol. The van der Waals surface area contributed by atoms with Crippen LogP contribution in [0.25, 0.3) is 0 Å². The summed E-state index contributed by atoms with van der Waals surface area (Å²) < 4.78 is 50.6. The Morgan fingerprint density at radius 3 is 2.39 bits per heavy atom. The molecule has 1 rings (SSSR count). The molecule has 0 aliphatic carbocycles. The Kier molecular flexibility index (Phi) is 4.92. The number of benzene rings is 1. The largest absolute Gasteiger partial charge is 0.405 e. The second-order valence-corrected chi connectivity index (χ2v) is 3.75. The van der Waals surface area contributed by atoms with Crippen molar-refractivity contribution in [1.29, 1.82) is 0 Å². The van der Waals surface area contributed by atoms with Crippen LogP contribution in [0.5, 0.6) is 0 Å². The summed E-state index contributed by atoms with van der Waals surface area (Å²) in [6, 6.07) is 3.79. The predicted molar refractivity (Wildman–Crippen MR) is 59.6 cm³/mol. The lowest BCUT2D eigenvalue weighted by Gasteiger charge is -2.25. The van der Waals surface area contributed by atoms with Crippen LogP contribution >= 0.6 is 0 Å². The molecule has 0 heterocycles. The normalized spacial score (nSPS) is 11.7. The highest BCUT2D eigenvalue weighted by atomic mass is 19.4. The quantitative estimate of drug-likeness (QED) is 0.797. The number of rotatable bonds is 5. The first kappa shape index (κ1) is 14.7. The molecule has 102 valence electrons. The molecule has 0 aromatic heterocycles. The Labute approximate surface area is 102 Å². The van der Waals surface area contributed by atoms with Crippen LogP contribution in [0.15, 0.2) is 18.2 Å². The predicted octanol–water partition coefficient (Wildman–Crippen LogP) is 1.65. The minimum atomic E-state index is -4.46. The molecular formula is C11H14F4N2O. The van der Waals surface area contributed by atoms with Gasteiger partial charge in [0.05, 0.1) is 12.3 Å². The molecule has 0 spiro atoms. The second kappa shape index (κ2) is 6.01. The molecule has 3 nitrogen and oxygen atoms in total. The van der Waals surface area contributed by atoms with Gasteiger partial charge in [0.15, 0.2) is 0 Å². The van der Waals surface area contributed by atoms with Crippen LogP contribution in [0.4, 0.5) is 23.2 Å². The van der Waals surface area contributed by atoms with Gasteiger partial charge in [0.25, 0.3) is 0 Å². The summed E-state index contributed by atoms with van der Waals surface area (Å²) in [7, 11) is 0. The molecule has 0 fully saturated rings. The summed E-state index contributed by atoms with van der Waals surface area (Å²) in [5.41, 5.74) is 5.60. The van der Waals surface area contributed by atoms with Crippen LogP contribution in [0.2, 0.25) is 0 Å². The number of nitrogens with zero attached hydrogens (tertiary/aromatic N) is 1. The first-order valence-electron chi connectivity index (χ1n) is 5.28. The molecule has 0 bridgehead atoms. The molecule has 1 aromatic carbocycles. The molecule has 0 saturated carbocycles.